The van der Waals surface area contributed by atoms with Crippen molar-refractivity contribution in [2.24, 2.45) is 0 Å². The minimum atomic E-state index is 0.0849. The molecule has 96 valence electrons. The predicted molar refractivity (Wildman–Crippen MR) is 68.9 cm³/mol. The largest absolute Gasteiger partial charge is 0.493 e. The van der Waals surface area contributed by atoms with Crippen LogP contribution in [0.25, 0.3) is 0 Å². The van der Waals surface area contributed by atoms with Crippen LogP contribution < -0.4 is 20.1 Å². The average Bonchev–Trinajstić information content (AvgIpc) is 2.36. The molecule has 5 nitrogen and oxygen atoms in total. The molecular formula is C12H20N2O3. The van der Waals surface area contributed by atoms with E-state index in [1.165, 1.54) is 0 Å². The van der Waals surface area contributed by atoms with E-state index in [4.69, 9.17) is 20.3 Å². The first-order valence-corrected chi connectivity index (χ1v) is 5.55. The van der Waals surface area contributed by atoms with Gasteiger partial charge in [-0.1, -0.05) is 0 Å². The number of rotatable bonds is 6. The fourth-order valence-electron chi connectivity index (χ4n) is 1.73. The van der Waals surface area contributed by atoms with Gasteiger partial charge in [-0.2, -0.15) is 0 Å². The lowest BCUT2D eigenvalue weighted by atomic mass is 10.2. The van der Waals surface area contributed by atoms with Crippen molar-refractivity contribution < 1.29 is 14.6 Å². The van der Waals surface area contributed by atoms with E-state index in [1.54, 1.807) is 20.3 Å². The van der Waals surface area contributed by atoms with Crippen molar-refractivity contribution in [3.63, 3.8) is 0 Å². The fourth-order valence-corrected chi connectivity index (χ4v) is 1.73. The summed E-state index contributed by atoms with van der Waals surface area (Å²) in [5.41, 5.74) is 7.42. The van der Waals surface area contributed by atoms with E-state index >= 15 is 0 Å². The minimum absolute atomic E-state index is 0.0849. The molecule has 0 saturated heterocycles. The molecule has 17 heavy (non-hydrogen) atoms. The van der Waals surface area contributed by atoms with Gasteiger partial charge in [0.15, 0.2) is 11.5 Å². The van der Waals surface area contributed by atoms with E-state index in [0.717, 1.165) is 12.2 Å². The van der Waals surface area contributed by atoms with Crippen LogP contribution in [0.2, 0.25) is 0 Å². The Morgan fingerprint density at radius 3 is 2.29 bits per heavy atom. The van der Waals surface area contributed by atoms with Crippen molar-refractivity contribution in [3.8, 4) is 11.5 Å². The Balaban J connectivity index is 3.14. The molecule has 0 aliphatic heterocycles. The van der Waals surface area contributed by atoms with Crippen LogP contribution in [0, 0.1) is 0 Å². The third-order valence-corrected chi connectivity index (χ3v) is 2.63. The second-order valence-electron chi connectivity index (χ2n) is 3.57. The van der Waals surface area contributed by atoms with Gasteiger partial charge in [0, 0.05) is 25.2 Å². The maximum absolute atomic E-state index is 9.01. The van der Waals surface area contributed by atoms with Crippen molar-refractivity contribution in [1.82, 2.24) is 0 Å². The summed E-state index contributed by atoms with van der Waals surface area (Å²) in [5.74, 6) is 1.24. The fraction of sp³-hybridized carbons (Fsp3) is 0.500. The zero-order valence-corrected chi connectivity index (χ0v) is 10.6. The zero-order valence-electron chi connectivity index (χ0n) is 10.6. The van der Waals surface area contributed by atoms with Crippen molar-refractivity contribution in [2.75, 3.05) is 44.5 Å². The number of ether oxygens (including phenoxy) is 2. The molecule has 0 bridgehead atoms. The Labute approximate surface area is 102 Å². The van der Waals surface area contributed by atoms with Crippen molar-refractivity contribution in [2.45, 2.75) is 6.92 Å². The molecular weight excluding hydrogens is 220 g/mol. The SMILES string of the molecule is CCN(CCO)c1cc(OC)c(OC)cc1N. The lowest BCUT2D eigenvalue weighted by molar-refractivity contribution is 0.302. The molecule has 5 heteroatoms. The number of anilines is 2. The summed E-state index contributed by atoms with van der Waals surface area (Å²) < 4.78 is 10.4. The smallest absolute Gasteiger partial charge is 0.162 e. The third kappa shape index (κ3) is 2.94. The standard InChI is InChI=1S/C12H20N2O3/c1-4-14(5-6-15)10-8-12(17-3)11(16-2)7-9(10)13/h7-8,15H,4-6,13H2,1-3H3. The summed E-state index contributed by atoms with van der Waals surface area (Å²) in [6.45, 7) is 3.39. The van der Waals surface area contributed by atoms with E-state index in [1.807, 2.05) is 17.9 Å². The number of nitrogens with two attached hydrogens (primary N) is 1. The van der Waals surface area contributed by atoms with Gasteiger partial charge >= 0.3 is 0 Å². The van der Waals surface area contributed by atoms with E-state index in [2.05, 4.69) is 0 Å². The molecule has 0 spiro atoms. The zero-order chi connectivity index (χ0) is 12.8. The number of nitrogens with zero attached hydrogens (tertiary/aromatic N) is 1. The van der Waals surface area contributed by atoms with E-state index in [-0.39, 0.29) is 6.61 Å². The highest BCUT2D eigenvalue weighted by Gasteiger charge is 2.13. The first kappa shape index (κ1) is 13.4. The molecule has 0 aliphatic rings. The van der Waals surface area contributed by atoms with Crippen LogP contribution in [-0.2, 0) is 0 Å². The molecule has 1 aromatic rings. The van der Waals surface area contributed by atoms with Gasteiger partial charge in [-0.05, 0) is 6.92 Å². The third-order valence-electron chi connectivity index (χ3n) is 2.63. The van der Waals surface area contributed by atoms with Gasteiger partial charge in [-0.3, -0.25) is 0 Å². The summed E-state index contributed by atoms with van der Waals surface area (Å²) in [7, 11) is 3.16. The second kappa shape index (κ2) is 6.20. The van der Waals surface area contributed by atoms with Crippen molar-refractivity contribution in [3.05, 3.63) is 12.1 Å². The van der Waals surface area contributed by atoms with Crippen LogP contribution in [0.3, 0.4) is 0 Å². The summed E-state index contributed by atoms with van der Waals surface area (Å²) in [6.07, 6.45) is 0. The van der Waals surface area contributed by atoms with Gasteiger partial charge in [0.1, 0.15) is 0 Å². The first-order valence-electron chi connectivity index (χ1n) is 5.55. The van der Waals surface area contributed by atoms with Gasteiger partial charge in [-0.25, -0.2) is 0 Å². The Hall–Kier alpha value is -1.62. The predicted octanol–water partition coefficient (Wildman–Crippen LogP) is 1.10. The molecule has 0 unspecified atom stereocenters. The van der Waals surface area contributed by atoms with Gasteiger partial charge in [0.05, 0.1) is 32.2 Å². The molecule has 0 atom stereocenters. The molecule has 0 aliphatic carbocycles. The summed E-state index contributed by atoms with van der Waals surface area (Å²) in [6, 6.07) is 3.56. The summed E-state index contributed by atoms with van der Waals surface area (Å²) in [4.78, 5) is 1.98. The maximum atomic E-state index is 9.01. The molecule has 0 radical (unpaired) electrons. The quantitative estimate of drug-likeness (QED) is 0.729. The molecule has 0 fully saturated rings. The summed E-state index contributed by atoms with van der Waals surface area (Å²) in [5, 5.41) is 9.01. The number of aliphatic hydroxyl groups is 1. The van der Waals surface area contributed by atoms with Gasteiger partial charge in [0.2, 0.25) is 0 Å². The van der Waals surface area contributed by atoms with Gasteiger partial charge < -0.3 is 25.2 Å². The number of hydrogen-bond acceptors (Lipinski definition) is 5. The lowest BCUT2D eigenvalue weighted by Gasteiger charge is -2.24. The Kier molecular flexibility index (Phi) is 4.90. The van der Waals surface area contributed by atoms with Crippen LogP contribution >= 0.6 is 0 Å². The highest BCUT2D eigenvalue weighted by molar-refractivity contribution is 5.73. The molecule has 0 amide bonds. The van der Waals surface area contributed by atoms with Crippen LogP contribution in [0.15, 0.2) is 12.1 Å². The summed E-state index contributed by atoms with van der Waals surface area (Å²) >= 11 is 0. The Morgan fingerprint density at radius 1 is 1.24 bits per heavy atom. The highest BCUT2D eigenvalue weighted by Crippen LogP contribution is 2.36. The highest BCUT2D eigenvalue weighted by atomic mass is 16.5. The van der Waals surface area contributed by atoms with Crippen LogP contribution in [0.5, 0.6) is 11.5 Å². The number of benzene rings is 1. The topological polar surface area (TPSA) is 68.0 Å². The second-order valence-corrected chi connectivity index (χ2v) is 3.57. The Bertz CT molecular complexity index is 369. The molecule has 0 aromatic heterocycles. The molecule has 3 N–H and O–H groups in total. The monoisotopic (exact) mass is 240 g/mol. The number of nitrogen functional groups attached to an aromatic ring is 1. The van der Waals surface area contributed by atoms with Crippen molar-refractivity contribution in [1.29, 1.82) is 0 Å². The number of hydrogen-bond donors (Lipinski definition) is 2. The first-order chi connectivity index (χ1) is 8.17. The average molecular weight is 240 g/mol. The number of aliphatic hydroxyl groups excluding tert-OH is 1. The van der Waals surface area contributed by atoms with Gasteiger partial charge in [0.25, 0.3) is 0 Å². The number of likely N-dealkylation sites (N-methyl/N-ethyl adjacent to an activating group) is 1. The van der Waals surface area contributed by atoms with Gasteiger partial charge in [-0.15, -0.1) is 0 Å². The minimum Gasteiger partial charge on any atom is -0.493 e. The maximum Gasteiger partial charge on any atom is 0.162 e. The van der Waals surface area contributed by atoms with E-state index < -0.39 is 0 Å². The van der Waals surface area contributed by atoms with E-state index in [0.29, 0.717) is 23.7 Å². The molecule has 1 rings (SSSR count). The van der Waals surface area contributed by atoms with Crippen LogP contribution in [0.1, 0.15) is 6.92 Å². The molecule has 0 saturated carbocycles. The molecule has 0 heterocycles. The lowest BCUT2D eigenvalue weighted by Crippen LogP contribution is -2.27. The van der Waals surface area contributed by atoms with E-state index in [9.17, 15) is 0 Å². The van der Waals surface area contributed by atoms with Crippen LogP contribution in [0.4, 0.5) is 11.4 Å². The number of methoxy groups -OCH3 is 2. The molecule has 1 aromatic carbocycles. The normalized spacial score (nSPS) is 10.1. The Morgan fingerprint density at radius 2 is 1.82 bits per heavy atom. The van der Waals surface area contributed by atoms with Crippen LogP contribution in [-0.4, -0.2) is 39.0 Å². The van der Waals surface area contributed by atoms with Crippen molar-refractivity contribution >= 4 is 11.4 Å².